The van der Waals surface area contributed by atoms with Gasteiger partial charge in [0.25, 0.3) is 5.69 Å². The smallest absolute Gasteiger partial charge is 0.269 e. The van der Waals surface area contributed by atoms with Crippen molar-refractivity contribution < 1.29 is 9.66 Å². The molecule has 19 heavy (non-hydrogen) atoms. The number of nitro benzene ring substituents is 1. The third kappa shape index (κ3) is 3.53. The average Bonchev–Trinajstić information content (AvgIpc) is 2.45. The summed E-state index contributed by atoms with van der Waals surface area (Å²) in [6, 6.07) is 13.9. The Morgan fingerprint density at radius 1 is 1.11 bits per heavy atom. The first-order valence-electron chi connectivity index (χ1n) is 5.84. The van der Waals surface area contributed by atoms with Crippen molar-refractivity contribution in [2.75, 3.05) is 0 Å². The van der Waals surface area contributed by atoms with Gasteiger partial charge in [0.05, 0.1) is 4.92 Å². The summed E-state index contributed by atoms with van der Waals surface area (Å²) in [5, 5.41) is 10.7. The highest BCUT2D eigenvalue weighted by Crippen LogP contribution is 2.17. The molecule has 5 nitrogen and oxygen atoms in total. The SMILES string of the molecule is NCc1cccc(OCc2cccc([N+](=O)[O-])c2)c1. The van der Waals surface area contributed by atoms with Crippen LogP contribution in [0.5, 0.6) is 5.75 Å². The molecule has 0 spiro atoms. The first-order valence-corrected chi connectivity index (χ1v) is 5.84. The summed E-state index contributed by atoms with van der Waals surface area (Å²) >= 11 is 0. The van der Waals surface area contributed by atoms with Crippen LogP contribution in [0.1, 0.15) is 11.1 Å². The molecule has 0 fully saturated rings. The van der Waals surface area contributed by atoms with Crippen LogP contribution in [0.25, 0.3) is 0 Å². The highest BCUT2D eigenvalue weighted by atomic mass is 16.6. The van der Waals surface area contributed by atoms with Crippen molar-refractivity contribution in [2.45, 2.75) is 13.2 Å². The molecule has 0 heterocycles. The Bertz CT molecular complexity index is 584. The molecular weight excluding hydrogens is 244 g/mol. The zero-order valence-corrected chi connectivity index (χ0v) is 10.3. The molecule has 0 atom stereocenters. The highest BCUT2D eigenvalue weighted by Gasteiger charge is 2.06. The van der Waals surface area contributed by atoms with Crippen LogP contribution in [0.2, 0.25) is 0 Å². The lowest BCUT2D eigenvalue weighted by Gasteiger charge is -2.07. The van der Waals surface area contributed by atoms with E-state index in [1.165, 1.54) is 12.1 Å². The number of hydrogen-bond acceptors (Lipinski definition) is 4. The molecule has 5 heteroatoms. The van der Waals surface area contributed by atoms with Crippen LogP contribution in [0.4, 0.5) is 5.69 Å². The van der Waals surface area contributed by atoms with E-state index in [4.69, 9.17) is 10.5 Å². The van der Waals surface area contributed by atoms with Gasteiger partial charge in [-0.15, -0.1) is 0 Å². The van der Waals surface area contributed by atoms with Crippen LogP contribution in [-0.2, 0) is 13.2 Å². The van der Waals surface area contributed by atoms with Crippen molar-refractivity contribution in [1.82, 2.24) is 0 Å². The fourth-order valence-electron chi connectivity index (χ4n) is 1.69. The van der Waals surface area contributed by atoms with Gasteiger partial charge in [-0.25, -0.2) is 0 Å². The molecule has 0 bridgehead atoms. The van der Waals surface area contributed by atoms with Crippen LogP contribution in [-0.4, -0.2) is 4.92 Å². The van der Waals surface area contributed by atoms with E-state index in [2.05, 4.69) is 0 Å². The lowest BCUT2D eigenvalue weighted by atomic mass is 10.2. The van der Waals surface area contributed by atoms with Gasteiger partial charge in [0.1, 0.15) is 12.4 Å². The van der Waals surface area contributed by atoms with Gasteiger partial charge < -0.3 is 10.5 Å². The van der Waals surface area contributed by atoms with Gasteiger partial charge in [0, 0.05) is 18.7 Å². The number of non-ortho nitro benzene ring substituents is 1. The Morgan fingerprint density at radius 2 is 1.84 bits per heavy atom. The van der Waals surface area contributed by atoms with E-state index in [1.54, 1.807) is 12.1 Å². The van der Waals surface area contributed by atoms with Gasteiger partial charge in [0.2, 0.25) is 0 Å². The molecule has 2 rings (SSSR count). The fourth-order valence-corrected chi connectivity index (χ4v) is 1.69. The third-order valence-electron chi connectivity index (χ3n) is 2.66. The molecule has 0 amide bonds. The maximum absolute atomic E-state index is 10.7. The summed E-state index contributed by atoms with van der Waals surface area (Å²) in [4.78, 5) is 10.2. The van der Waals surface area contributed by atoms with Crippen molar-refractivity contribution in [3.05, 3.63) is 69.8 Å². The highest BCUT2D eigenvalue weighted by molar-refractivity contribution is 5.34. The molecule has 2 aromatic carbocycles. The predicted molar refractivity (Wildman–Crippen MR) is 71.8 cm³/mol. The average molecular weight is 258 g/mol. The van der Waals surface area contributed by atoms with Crippen LogP contribution < -0.4 is 10.5 Å². The topological polar surface area (TPSA) is 78.4 Å². The molecular formula is C14H14N2O3. The number of rotatable bonds is 5. The number of nitrogens with zero attached hydrogens (tertiary/aromatic N) is 1. The summed E-state index contributed by atoms with van der Waals surface area (Å²) < 4.78 is 5.59. The summed E-state index contributed by atoms with van der Waals surface area (Å²) in [5.74, 6) is 0.703. The normalized spacial score (nSPS) is 10.2. The molecule has 0 aliphatic heterocycles. The van der Waals surface area contributed by atoms with Gasteiger partial charge in [-0.05, 0) is 23.3 Å². The van der Waals surface area contributed by atoms with Crippen molar-refractivity contribution in [3.8, 4) is 5.75 Å². The second kappa shape index (κ2) is 5.97. The van der Waals surface area contributed by atoms with Gasteiger partial charge >= 0.3 is 0 Å². The maximum Gasteiger partial charge on any atom is 0.269 e. The first kappa shape index (κ1) is 13.0. The lowest BCUT2D eigenvalue weighted by Crippen LogP contribution is -1.99. The van der Waals surface area contributed by atoms with Crippen molar-refractivity contribution in [2.24, 2.45) is 5.73 Å². The van der Waals surface area contributed by atoms with Gasteiger partial charge in [-0.3, -0.25) is 10.1 Å². The zero-order valence-electron chi connectivity index (χ0n) is 10.3. The summed E-state index contributed by atoms with van der Waals surface area (Å²) in [6.07, 6.45) is 0. The minimum absolute atomic E-state index is 0.0665. The predicted octanol–water partition coefficient (Wildman–Crippen LogP) is 2.63. The standard InChI is InChI=1S/C14H14N2O3/c15-9-11-3-2-6-14(8-11)19-10-12-4-1-5-13(7-12)16(17)18/h1-8H,9-10,15H2. The minimum Gasteiger partial charge on any atom is -0.489 e. The Balaban J connectivity index is 2.05. The van der Waals surface area contributed by atoms with E-state index in [0.717, 1.165) is 11.1 Å². The molecule has 0 radical (unpaired) electrons. The molecule has 0 saturated carbocycles. The van der Waals surface area contributed by atoms with Crippen LogP contribution in [0.15, 0.2) is 48.5 Å². The Labute approximate surface area is 110 Å². The number of benzene rings is 2. The largest absolute Gasteiger partial charge is 0.489 e. The number of nitrogens with two attached hydrogens (primary N) is 1. The molecule has 0 unspecified atom stereocenters. The maximum atomic E-state index is 10.7. The quantitative estimate of drug-likeness (QED) is 0.660. The third-order valence-corrected chi connectivity index (χ3v) is 2.66. The summed E-state index contributed by atoms with van der Waals surface area (Å²) in [5.41, 5.74) is 7.35. The lowest BCUT2D eigenvalue weighted by molar-refractivity contribution is -0.384. The second-order valence-corrected chi connectivity index (χ2v) is 4.07. The molecule has 0 aromatic heterocycles. The molecule has 98 valence electrons. The van der Waals surface area contributed by atoms with E-state index in [0.29, 0.717) is 12.3 Å². The fraction of sp³-hybridized carbons (Fsp3) is 0.143. The van der Waals surface area contributed by atoms with E-state index in [-0.39, 0.29) is 12.3 Å². The van der Waals surface area contributed by atoms with E-state index >= 15 is 0 Å². The van der Waals surface area contributed by atoms with Crippen LogP contribution >= 0.6 is 0 Å². The minimum atomic E-state index is -0.418. The number of nitro groups is 1. The molecule has 0 aliphatic rings. The molecule has 2 aromatic rings. The number of hydrogen-bond donors (Lipinski definition) is 1. The van der Waals surface area contributed by atoms with Crippen molar-refractivity contribution >= 4 is 5.69 Å². The van der Waals surface area contributed by atoms with Gasteiger partial charge in [0.15, 0.2) is 0 Å². The Hall–Kier alpha value is -2.40. The summed E-state index contributed by atoms with van der Waals surface area (Å²) in [7, 11) is 0. The zero-order chi connectivity index (χ0) is 13.7. The van der Waals surface area contributed by atoms with Crippen LogP contribution in [0, 0.1) is 10.1 Å². The molecule has 0 aliphatic carbocycles. The van der Waals surface area contributed by atoms with E-state index < -0.39 is 4.92 Å². The Kier molecular flexibility index (Phi) is 4.10. The van der Waals surface area contributed by atoms with Crippen LogP contribution in [0.3, 0.4) is 0 Å². The van der Waals surface area contributed by atoms with E-state index in [1.807, 2.05) is 24.3 Å². The van der Waals surface area contributed by atoms with Gasteiger partial charge in [-0.1, -0.05) is 24.3 Å². The molecule has 2 N–H and O–H groups in total. The van der Waals surface area contributed by atoms with Crippen molar-refractivity contribution in [1.29, 1.82) is 0 Å². The monoisotopic (exact) mass is 258 g/mol. The van der Waals surface area contributed by atoms with Crippen molar-refractivity contribution in [3.63, 3.8) is 0 Å². The Morgan fingerprint density at radius 3 is 2.58 bits per heavy atom. The first-order chi connectivity index (χ1) is 9.19. The number of ether oxygens (including phenoxy) is 1. The molecule has 0 saturated heterocycles. The second-order valence-electron chi connectivity index (χ2n) is 4.07. The van der Waals surface area contributed by atoms with E-state index in [9.17, 15) is 10.1 Å². The summed E-state index contributed by atoms with van der Waals surface area (Å²) in [6.45, 7) is 0.740. The van der Waals surface area contributed by atoms with Gasteiger partial charge in [-0.2, -0.15) is 0 Å².